The highest BCUT2D eigenvalue weighted by Gasteiger charge is 2.38. The summed E-state index contributed by atoms with van der Waals surface area (Å²) in [6, 6.07) is 0.469. The number of rotatable bonds is 6. The highest BCUT2D eigenvalue weighted by Crippen LogP contribution is 2.31. The number of anilines is 2. The highest BCUT2D eigenvalue weighted by molar-refractivity contribution is 7.89. The van der Waals surface area contributed by atoms with Crippen LogP contribution in [0.1, 0.15) is 48.1 Å². The lowest BCUT2D eigenvalue weighted by Crippen LogP contribution is -2.58. The first-order valence-electron chi connectivity index (χ1n) is 11.9. The summed E-state index contributed by atoms with van der Waals surface area (Å²) in [7, 11) is -3.65. The van der Waals surface area contributed by atoms with Crippen LogP contribution in [0.5, 0.6) is 0 Å². The molecule has 198 valence electrons. The lowest BCUT2D eigenvalue weighted by Gasteiger charge is -2.47. The Hall–Kier alpha value is -2.52. The molecule has 4 heterocycles. The molecule has 0 aliphatic carbocycles. The van der Waals surface area contributed by atoms with E-state index in [0.29, 0.717) is 43.5 Å². The zero-order chi connectivity index (χ0) is 26.2. The minimum atomic E-state index is -3.65. The van der Waals surface area contributed by atoms with Crippen LogP contribution in [0, 0.1) is 13.8 Å². The van der Waals surface area contributed by atoms with E-state index in [1.807, 2.05) is 10.3 Å². The number of nitrogens with two attached hydrogens (primary N) is 2. The minimum Gasteiger partial charge on any atom is -0.382 e. The molecule has 13 nitrogen and oxygen atoms in total. The van der Waals surface area contributed by atoms with Gasteiger partial charge in [-0.1, -0.05) is 23.7 Å². The van der Waals surface area contributed by atoms with Gasteiger partial charge in [-0.15, -0.1) is 0 Å². The number of sulfonamides is 1. The maximum atomic E-state index is 13.2. The summed E-state index contributed by atoms with van der Waals surface area (Å²) < 4.78 is 33.0. The normalized spacial score (nSPS) is 20.6. The molecule has 0 saturated carbocycles. The third-order valence-electron chi connectivity index (χ3n) is 6.97. The summed E-state index contributed by atoms with van der Waals surface area (Å²) in [5.41, 5.74) is 8.19. The van der Waals surface area contributed by atoms with Gasteiger partial charge in [-0.05, 0) is 33.1 Å². The number of nitrogens with one attached hydrogen (secondary N) is 1. The Balaban J connectivity index is 1.43. The van der Waals surface area contributed by atoms with Gasteiger partial charge in [0.2, 0.25) is 10.0 Å². The lowest BCUT2D eigenvalue weighted by molar-refractivity contribution is 0.0805. The number of carbonyl (C=O) groups excluding carboxylic acids is 1. The van der Waals surface area contributed by atoms with Gasteiger partial charge in [0.05, 0.1) is 0 Å². The van der Waals surface area contributed by atoms with E-state index in [2.05, 4.69) is 26.9 Å². The van der Waals surface area contributed by atoms with Crippen molar-refractivity contribution in [2.45, 2.75) is 57.0 Å². The zero-order valence-electron chi connectivity index (χ0n) is 20.6. The van der Waals surface area contributed by atoms with Gasteiger partial charge in [0, 0.05) is 44.8 Å². The Kier molecular flexibility index (Phi) is 7.71. The molecule has 1 atom stereocenters. The number of aryl methyl sites for hydroxylation is 2. The van der Waals surface area contributed by atoms with Crippen LogP contribution in [0.2, 0.25) is 5.15 Å². The van der Waals surface area contributed by atoms with Crippen molar-refractivity contribution < 1.29 is 17.7 Å². The topological polar surface area (TPSA) is 177 Å². The van der Waals surface area contributed by atoms with Gasteiger partial charge in [-0.3, -0.25) is 15.1 Å². The molecule has 5 N–H and O–H groups in total. The Morgan fingerprint density at radius 3 is 2.47 bits per heavy atom. The second kappa shape index (κ2) is 10.5. The Bertz CT molecular complexity index is 1210. The summed E-state index contributed by atoms with van der Waals surface area (Å²) in [5, 5.41) is 3.89. The molecule has 2 fully saturated rings. The molecule has 4 rings (SSSR count). The van der Waals surface area contributed by atoms with Crippen LogP contribution >= 0.6 is 11.6 Å². The molecule has 2 aromatic heterocycles. The van der Waals surface area contributed by atoms with E-state index in [1.54, 1.807) is 13.8 Å². The van der Waals surface area contributed by atoms with Crippen LogP contribution in [-0.2, 0) is 10.0 Å². The van der Waals surface area contributed by atoms with Crippen LogP contribution in [0.4, 0.5) is 11.6 Å². The Morgan fingerprint density at radius 1 is 1.19 bits per heavy atom. The number of hydrogen-bond donors (Lipinski definition) is 3. The van der Waals surface area contributed by atoms with Crippen LogP contribution in [0.25, 0.3) is 0 Å². The van der Waals surface area contributed by atoms with Crippen molar-refractivity contribution in [3.05, 3.63) is 22.3 Å². The lowest BCUT2D eigenvalue weighted by atomic mass is 9.99. The fourth-order valence-electron chi connectivity index (χ4n) is 5.15. The Morgan fingerprint density at radius 2 is 1.89 bits per heavy atom. The number of carbonyl (C=O) groups is 1. The highest BCUT2D eigenvalue weighted by atomic mass is 35.5. The van der Waals surface area contributed by atoms with Crippen molar-refractivity contribution >= 4 is 39.2 Å². The van der Waals surface area contributed by atoms with Gasteiger partial charge in [0.15, 0.2) is 28.2 Å². The van der Waals surface area contributed by atoms with E-state index >= 15 is 0 Å². The monoisotopic (exact) mass is 541 g/mol. The molecule has 0 unspecified atom stereocenters. The molecule has 2 aliphatic heterocycles. The van der Waals surface area contributed by atoms with Gasteiger partial charge in [-0.25, -0.2) is 24.2 Å². The first-order valence-corrected chi connectivity index (χ1v) is 13.7. The molecule has 15 heteroatoms. The molecule has 0 aromatic carbocycles. The Labute approximate surface area is 215 Å². The number of aromatic nitrogens is 3. The number of hydrogen-bond acceptors (Lipinski definition) is 11. The van der Waals surface area contributed by atoms with E-state index in [0.717, 1.165) is 25.8 Å². The number of piperidine rings is 1. The summed E-state index contributed by atoms with van der Waals surface area (Å²) in [6.07, 6.45) is 2.35. The van der Waals surface area contributed by atoms with E-state index in [-0.39, 0.29) is 33.6 Å². The number of amides is 1. The van der Waals surface area contributed by atoms with Gasteiger partial charge < -0.3 is 15.2 Å². The number of nitrogen functional groups attached to an aromatic ring is 2. The number of piperazine rings is 1. The number of nitrogens with zero attached hydrogens (tertiary/aromatic N) is 6. The van der Waals surface area contributed by atoms with Crippen molar-refractivity contribution in [2.75, 3.05) is 43.4 Å². The predicted octanol–water partition coefficient (Wildman–Crippen LogP) is 0.674. The molecule has 0 bridgehead atoms. The maximum absolute atomic E-state index is 13.2. The van der Waals surface area contributed by atoms with E-state index in [4.69, 9.17) is 27.7 Å². The molecule has 0 radical (unpaired) electrons. The first kappa shape index (κ1) is 26.5. The van der Waals surface area contributed by atoms with Crippen LogP contribution < -0.4 is 21.9 Å². The molecule has 0 spiro atoms. The van der Waals surface area contributed by atoms with E-state index in [1.165, 1.54) is 4.31 Å². The van der Waals surface area contributed by atoms with Crippen molar-refractivity contribution in [2.24, 2.45) is 5.84 Å². The molecule has 2 aliphatic rings. The number of halogens is 1. The fraction of sp³-hybridized carbons (Fsp3) is 0.619. The molecule has 2 saturated heterocycles. The number of hydrazine groups is 1. The fourth-order valence-corrected chi connectivity index (χ4v) is 7.15. The third kappa shape index (κ3) is 4.87. The quantitative estimate of drug-likeness (QED) is 0.266. The van der Waals surface area contributed by atoms with E-state index < -0.39 is 15.9 Å². The van der Waals surface area contributed by atoms with Gasteiger partial charge >= 0.3 is 0 Å². The standard InChI is InChI=1S/C21H32ClN9O4S/c1-4-14-11-29(20-18(22)25-16(19(23)26-20)21(32)27-24)9-10-31(14)15-5-7-30(8-6-15)36(33,34)17-12(2)28-35-13(17)3/h14-15H,4-11,24H2,1-3H3,(H2,23,26)(H,27,32)/t14-/m0/s1. The van der Waals surface area contributed by atoms with Crippen LogP contribution in [0.15, 0.2) is 9.42 Å². The molecular formula is C21H32ClN9O4S. The van der Waals surface area contributed by atoms with Crippen LogP contribution in [-0.4, -0.2) is 83.5 Å². The zero-order valence-corrected chi connectivity index (χ0v) is 22.1. The van der Waals surface area contributed by atoms with Crippen molar-refractivity contribution in [1.29, 1.82) is 0 Å². The largest absolute Gasteiger partial charge is 0.382 e. The van der Waals surface area contributed by atoms with Gasteiger partial charge in [0.25, 0.3) is 5.91 Å². The molecule has 36 heavy (non-hydrogen) atoms. The summed E-state index contributed by atoms with van der Waals surface area (Å²) >= 11 is 6.36. The summed E-state index contributed by atoms with van der Waals surface area (Å²) in [6.45, 7) is 8.31. The van der Waals surface area contributed by atoms with E-state index in [9.17, 15) is 13.2 Å². The van der Waals surface area contributed by atoms with Crippen molar-refractivity contribution in [3.63, 3.8) is 0 Å². The van der Waals surface area contributed by atoms with Gasteiger partial charge in [-0.2, -0.15) is 4.31 Å². The summed E-state index contributed by atoms with van der Waals surface area (Å²) in [5.74, 6) is 5.22. The minimum absolute atomic E-state index is 0.0419. The van der Waals surface area contributed by atoms with Gasteiger partial charge in [0.1, 0.15) is 10.6 Å². The predicted molar refractivity (Wildman–Crippen MR) is 134 cm³/mol. The second-order valence-electron chi connectivity index (χ2n) is 9.08. The molecular weight excluding hydrogens is 510 g/mol. The van der Waals surface area contributed by atoms with Crippen LogP contribution in [0.3, 0.4) is 0 Å². The average molecular weight is 542 g/mol. The van der Waals surface area contributed by atoms with Crippen molar-refractivity contribution in [3.8, 4) is 0 Å². The summed E-state index contributed by atoms with van der Waals surface area (Å²) in [4.78, 5) is 24.9. The SMILES string of the molecule is CC[C@H]1CN(c2nc(N)c(C(=O)NN)nc2Cl)CCN1C1CCN(S(=O)(=O)c2c(C)noc2C)CC1. The molecule has 2 aromatic rings. The molecule has 1 amide bonds. The smallest absolute Gasteiger partial charge is 0.287 e. The average Bonchev–Trinajstić information content (AvgIpc) is 3.22. The third-order valence-corrected chi connectivity index (χ3v) is 9.36. The second-order valence-corrected chi connectivity index (χ2v) is 11.3. The van der Waals surface area contributed by atoms with Crippen molar-refractivity contribution in [1.82, 2.24) is 29.8 Å². The first-order chi connectivity index (χ1) is 17.1. The maximum Gasteiger partial charge on any atom is 0.287 e.